The molecular formula is C32H18Cl2N18O4. The molecule has 2 atom stereocenters. The van der Waals surface area contributed by atoms with Crippen molar-refractivity contribution in [2.45, 2.75) is 25.9 Å². The Morgan fingerprint density at radius 3 is 1.30 bits per heavy atom. The number of imidazole rings is 2. The number of hydrogen-bond acceptors (Lipinski definition) is 18. The monoisotopic (exact) mass is 788 g/mol. The minimum Gasteiger partial charge on any atom is -0.322 e. The lowest BCUT2D eigenvalue weighted by Gasteiger charge is -2.15. The van der Waals surface area contributed by atoms with Gasteiger partial charge in [-0.2, -0.15) is 41.2 Å². The molecule has 0 saturated heterocycles. The number of hydrogen-bond donors (Lipinski definition) is 2. The summed E-state index contributed by atoms with van der Waals surface area (Å²) in [7, 11) is 0. The molecule has 274 valence electrons. The topological polar surface area (TPSA) is 324 Å². The van der Waals surface area contributed by atoms with E-state index < -0.39 is 35.5 Å². The van der Waals surface area contributed by atoms with Gasteiger partial charge in [0, 0.05) is 24.8 Å². The SMILES string of the molecule is CC(=O)C(N=Nc1nc(C#N)c(C#N)n1-c1ncccn1)C(=O)Nc1cc(Cl)c(NC(=O)C(N=Nc2nc(C#N)c(C#N)n2-c2ncccn2)C(C)=O)cc1Cl. The predicted molar refractivity (Wildman–Crippen MR) is 189 cm³/mol. The number of amides is 2. The van der Waals surface area contributed by atoms with Crippen LogP contribution in [0.5, 0.6) is 0 Å². The Balaban J connectivity index is 1.36. The summed E-state index contributed by atoms with van der Waals surface area (Å²) in [5, 5.41) is 57.9. The van der Waals surface area contributed by atoms with E-state index in [1.807, 2.05) is 12.1 Å². The maximum Gasteiger partial charge on any atom is 0.258 e. The zero-order valence-electron chi connectivity index (χ0n) is 28.3. The molecule has 1 aromatic carbocycles. The van der Waals surface area contributed by atoms with E-state index in [0.29, 0.717) is 0 Å². The largest absolute Gasteiger partial charge is 0.322 e. The van der Waals surface area contributed by atoms with Gasteiger partial charge in [-0.25, -0.2) is 29.1 Å². The highest BCUT2D eigenvalue weighted by atomic mass is 35.5. The van der Waals surface area contributed by atoms with Gasteiger partial charge in [-0.3, -0.25) is 19.2 Å². The molecule has 4 aromatic heterocycles. The van der Waals surface area contributed by atoms with Crippen LogP contribution in [0.2, 0.25) is 10.0 Å². The number of benzene rings is 1. The normalized spacial score (nSPS) is 11.9. The second kappa shape index (κ2) is 17.1. The van der Waals surface area contributed by atoms with Gasteiger partial charge < -0.3 is 10.6 Å². The fourth-order valence-electron chi connectivity index (χ4n) is 4.50. The first kappa shape index (κ1) is 39.0. The molecule has 0 aliphatic heterocycles. The molecule has 2 N–H and O–H groups in total. The van der Waals surface area contributed by atoms with Crippen molar-refractivity contribution < 1.29 is 19.2 Å². The Morgan fingerprint density at radius 1 is 0.643 bits per heavy atom. The van der Waals surface area contributed by atoms with E-state index in [1.165, 1.54) is 36.9 Å². The van der Waals surface area contributed by atoms with Crippen molar-refractivity contribution in [1.29, 1.82) is 21.0 Å². The summed E-state index contributed by atoms with van der Waals surface area (Å²) in [4.78, 5) is 75.5. The molecule has 5 aromatic rings. The number of azo groups is 2. The standard InChI is InChI=1S/C32H18Cl2N18O4/c1-15(53)25(47-49-31-45-21(11-35)23(13-37)51(31)29-39-5-3-6-40-29)27(55)43-19-9-18(34)20(10-17(19)33)44-28(56)26(16(2)54)48-50-32-46-22(12-36)24(14-38)52(32)30-41-7-4-8-42-30/h3-10,25-26H,1-2H3,(H,43,55)(H,44,56). The molecule has 56 heavy (non-hydrogen) atoms. The van der Waals surface area contributed by atoms with Gasteiger partial charge in [0.2, 0.25) is 24.0 Å². The van der Waals surface area contributed by atoms with Crippen LogP contribution >= 0.6 is 23.2 Å². The van der Waals surface area contributed by atoms with Gasteiger partial charge in [0.05, 0.1) is 21.4 Å². The Kier molecular flexibility index (Phi) is 11.9. The molecule has 0 saturated carbocycles. The molecule has 0 aliphatic carbocycles. The minimum atomic E-state index is -1.79. The van der Waals surface area contributed by atoms with E-state index in [0.717, 1.165) is 35.1 Å². The molecule has 0 aliphatic rings. The van der Waals surface area contributed by atoms with Gasteiger partial charge in [-0.15, -0.1) is 10.2 Å². The first-order valence-corrected chi connectivity index (χ1v) is 16.0. The maximum atomic E-state index is 13.2. The third kappa shape index (κ3) is 8.22. The number of Topliss-reactive ketones (excluding diaryl/α,β-unsaturated/α-hetero) is 2. The summed E-state index contributed by atoms with van der Waals surface area (Å²) in [6, 6.07) is 8.81. The first-order valence-electron chi connectivity index (χ1n) is 15.3. The van der Waals surface area contributed by atoms with Crippen molar-refractivity contribution in [2.75, 3.05) is 10.6 Å². The number of nitrogens with zero attached hydrogens (tertiary/aromatic N) is 16. The Hall–Kier alpha value is -8.18. The lowest BCUT2D eigenvalue weighted by molar-refractivity contribution is -0.127. The van der Waals surface area contributed by atoms with Crippen molar-refractivity contribution >= 4 is 69.9 Å². The summed E-state index contributed by atoms with van der Waals surface area (Å²) in [6.45, 7) is 2.11. The van der Waals surface area contributed by atoms with Gasteiger partial charge >= 0.3 is 0 Å². The number of halogens is 2. The summed E-state index contributed by atoms with van der Waals surface area (Å²) in [5.41, 5.74) is -1.46. The van der Waals surface area contributed by atoms with Crippen molar-refractivity contribution in [3.63, 3.8) is 0 Å². The van der Waals surface area contributed by atoms with Crippen molar-refractivity contribution in [1.82, 2.24) is 39.0 Å². The van der Waals surface area contributed by atoms with Crippen LogP contribution in [0.15, 0.2) is 69.5 Å². The highest BCUT2D eigenvalue weighted by Gasteiger charge is 2.28. The lowest BCUT2D eigenvalue weighted by Crippen LogP contribution is -2.32. The number of carbonyl (C=O) groups excluding carboxylic acids is 4. The van der Waals surface area contributed by atoms with Gasteiger partial charge in [0.25, 0.3) is 23.7 Å². The number of carbonyl (C=O) groups is 4. The Morgan fingerprint density at radius 2 is 1.00 bits per heavy atom. The number of nitriles is 4. The van der Waals surface area contributed by atoms with E-state index in [2.05, 4.69) is 61.0 Å². The molecule has 4 heterocycles. The number of rotatable bonds is 12. The molecule has 0 spiro atoms. The lowest BCUT2D eigenvalue weighted by atomic mass is 10.2. The maximum absolute atomic E-state index is 13.2. The molecule has 0 bridgehead atoms. The Labute approximate surface area is 323 Å². The predicted octanol–water partition coefficient (Wildman–Crippen LogP) is 3.79. The van der Waals surface area contributed by atoms with E-state index in [1.54, 1.807) is 12.1 Å². The molecule has 22 nitrogen and oxygen atoms in total. The summed E-state index contributed by atoms with van der Waals surface area (Å²) in [5.74, 6) is -4.52. The summed E-state index contributed by atoms with van der Waals surface area (Å²) < 4.78 is 2.03. The number of anilines is 2. The van der Waals surface area contributed by atoms with Crippen molar-refractivity contribution in [2.24, 2.45) is 20.5 Å². The van der Waals surface area contributed by atoms with E-state index in [4.69, 9.17) is 23.2 Å². The average Bonchev–Trinajstić information content (AvgIpc) is 3.74. The van der Waals surface area contributed by atoms with Gasteiger partial charge in [0.1, 0.15) is 24.3 Å². The highest BCUT2D eigenvalue weighted by molar-refractivity contribution is 6.38. The molecule has 24 heteroatoms. The molecule has 0 fully saturated rings. The van der Waals surface area contributed by atoms with Crippen molar-refractivity contribution in [3.05, 3.63) is 81.9 Å². The Bertz CT molecular complexity index is 2450. The zero-order chi connectivity index (χ0) is 40.5. The first-order chi connectivity index (χ1) is 26.9. The number of aromatic nitrogens is 8. The molecular weight excluding hydrogens is 771 g/mol. The van der Waals surface area contributed by atoms with E-state index >= 15 is 0 Å². The van der Waals surface area contributed by atoms with Crippen molar-refractivity contribution in [3.8, 4) is 36.2 Å². The zero-order valence-corrected chi connectivity index (χ0v) is 29.8. The highest BCUT2D eigenvalue weighted by Crippen LogP contribution is 2.33. The van der Waals surface area contributed by atoms with Crippen LogP contribution in [0.1, 0.15) is 36.6 Å². The molecule has 2 amide bonds. The number of ketones is 2. The fourth-order valence-corrected chi connectivity index (χ4v) is 4.92. The second-order valence-electron chi connectivity index (χ2n) is 10.7. The quantitative estimate of drug-likeness (QED) is 0.134. The van der Waals surface area contributed by atoms with Gasteiger partial charge in [0.15, 0.2) is 34.3 Å². The van der Waals surface area contributed by atoms with Crippen LogP contribution in [0.3, 0.4) is 0 Å². The van der Waals surface area contributed by atoms with Gasteiger partial charge in [-0.05, 0) is 38.1 Å². The number of nitrogens with one attached hydrogen (secondary N) is 2. The molecule has 5 rings (SSSR count). The summed E-state index contributed by atoms with van der Waals surface area (Å²) >= 11 is 12.8. The summed E-state index contributed by atoms with van der Waals surface area (Å²) in [6.07, 6.45) is 5.45. The van der Waals surface area contributed by atoms with E-state index in [-0.39, 0.29) is 68.0 Å². The molecule has 0 radical (unpaired) electrons. The average molecular weight is 790 g/mol. The van der Waals surface area contributed by atoms with Crippen LogP contribution in [0.25, 0.3) is 11.9 Å². The van der Waals surface area contributed by atoms with Crippen LogP contribution in [-0.4, -0.2) is 74.5 Å². The van der Waals surface area contributed by atoms with E-state index in [9.17, 15) is 40.2 Å². The van der Waals surface area contributed by atoms with Crippen LogP contribution in [0, 0.1) is 45.3 Å². The third-order valence-electron chi connectivity index (χ3n) is 7.01. The second-order valence-corrected chi connectivity index (χ2v) is 11.5. The van der Waals surface area contributed by atoms with Crippen LogP contribution in [0.4, 0.5) is 23.3 Å². The van der Waals surface area contributed by atoms with Gasteiger partial charge in [-0.1, -0.05) is 23.2 Å². The fraction of sp³-hybridized carbons (Fsp3) is 0.125. The minimum absolute atomic E-state index is 0.0872. The van der Waals surface area contributed by atoms with Crippen LogP contribution < -0.4 is 10.6 Å². The third-order valence-corrected chi connectivity index (χ3v) is 7.64. The molecule has 2 unspecified atom stereocenters. The van der Waals surface area contributed by atoms with Crippen LogP contribution in [-0.2, 0) is 19.2 Å². The smallest absolute Gasteiger partial charge is 0.258 e.